The molecule has 2 atom stereocenters. The van der Waals surface area contributed by atoms with E-state index < -0.39 is 10.8 Å². The summed E-state index contributed by atoms with van der Waals surface area (Å²) in [5.74, 6) is -0.685. The summed E-state index contributed by atoms with van der Waals surface area (Å²) in [6.07, 6.45) is 1.67. The van der Waals surface area contributed by atoms with Gasteiger partial charge in [-0.1, -0.05) is 0 Å². The van der Waals surface area contributed by atoms with Crippen LogP contribution in [0.25, 0.3) is 0 Å². The molecule has 1 aliphatic carbocycles. The molecule has 1 aromatic carbocycles. The lowest BCUT2D eigenvalue weighted by Gasteiger charge is -2.15. The van der Waals surface area contributed by atoms with Crippen molar-refractivity contribution in [2.45, 2.75) is 39.2 Å². The molecule has 9 heteroatoms. The lowest BCUT2D eigenvalue weighted by atomic mass is 10.1. The first-order chi connectivity index (χ1) is 12.9. The number of hydrogen-bond donors (Lipinski definition) is 1. The number of nitrogens with zero attached hydrogens (tertiary/aromatic N) is 1. The summed E-state index contributed by atoms with van der Waals surface area (Å²) in [6, 6.07) is 2.24. The molecular formula is C18H24N2O7. The number of nitrogens with one attached hydrogen (secondary N) is 1. The highest BCUT2D eigenvalue weighted by molar-refractivity contribution is 5.99. The average Bonchev–Trinajstić information content (AvgIpc) is 3.10. The van der Waals surface area contributed by atoms with Crippen LogP contribution in [-0.2, 0) is 9.53 Å². The molecule has 0 spiro atoms. The van der Waals surface area contributed by atoms with Gasteiger partial charge in [-0.2, -0.15) is 0 Å². The summed E-state index contributed by atoms with van der Waals surface area (Å²) in [7, 11) is 1.40. The summed E-state index contributed by atoms with van der Waals surface area (Å²) in [6.45, 7) is 4.09. The minimum Gasteiger partial charge on any atom is -0.493 e. The molecule has 1 amide bonds. The van der Waals surface area contributed by atoms with Crippen molar-refractivity contribution < 1.29 is 28.7 Å². The van der Waals surface area contributed by atoms with Crippen LogP contribution in [0.2, 0.25) is 0 Å². The smallest absolute Gasteiger partial charge is 0.308 e. The number of carbonyl (C=O) groups excluding carboxylic acids is 2. The van der Waals surface area contributed by atoms with Crippen molar-refractivity contribution in [3.63, 3.8) is 0 Å². The Labute approximate surface area is 157 Å². The van der Waals surface area contributed by atoms with Gasteiger partial charge in [0.2, 0.25) is 0 Å². The summed E-state index contributed by atoms with van der Waals surface area (Å²) >= 11 is 0. The Morgan fingerprint density at radius 1 is 1.22 bits per heavy atom. The van der Waals surface area contributed by atoms with Gasteiger partial charge in [0.05, 0.1) is 37.2 Å². The second-order valence-electron chi connectivity index (χ2n) is 6.14. The summed E-state index contributed by atoms with van der Waals surface area (Å²) in [5.41, 5.74) is -0.475. The Balaban J connectivity index is 2.18. The molecular weight excluding hydrogens is 356 g/mol. The molecule has 9 nitrogen and oxygen atoms in total. The topological polar surface area (TPSA) is 117 Å². The molecule has 0 aliphatic heterocycles. The summed E-state index contributed by atoms with van der Waals surface area (Å²) in [5, 5.41) is 14.2. The molecule has 1 N–H and O–H groups in total. The van der Waals surface area contributed by atoms with Crippen LogP contribution in [0.15, 0.2) is 12.1 Å². The third-order valence-electron chi connectivity index (χ3n) is 4.41. The Morgan fingerprint density at radius 3 is 2.56 bits per heavy atom. The van der Waals surface area contributed by atoms with E-state index in [-0.39, 0.29) is 40.7 Å². The second-order valence-corrected chi connectivity index (χ2v) is 6.14. The Morgan fingerprint density at radius 2 is 1.96 bits per heavy atom. The van der Waals surface area contributed by atoms with Gasteiger partial charge in [0, 0.05) is 12.1 Å². The van der Waals surface area contributed by atoms with Crippen LogP contribution in [-0.4, -0.2) is 43.2 Å². The van der Waals surface area contributed by atoms with Gasteiger partial charge in [0.25, 0.3) is 11.6 Å². The first-order valence-electron chi connectivity index (χ1n) is 8.87. The summed E-state index contributed by atoms with van der Waals surface area (Å²) in [4.78, 5) is 35.2. The van der Waals surface area contributed by atoms with Crippen molar-refractivity contribution in [2.24, 2.45) is 5.92 Å². The first kappa shape index (κ1) is 20.5. The van der Waals surface area contributed by atoms with E-state index in [2.05, 4.69) is 5.32 Å². The molecule has 148 valence electrons. The zero-order valence-electron chi connectivity index (χ0n) is 15.6. The fourth-order valence-electron chi connectivity index (χ4n) is 3.16. The maximum absolute atomic E-state index is 12.6. The molecule has 0 heterocycles. The molecule has 1 saturated carbocycles. The van der Waals surface area contributed by atoms with Crippen molar-refractivity contribution in [1.82, 2.24) is 5.32 Å². The molecule has 1 fully saturated rings. The molecule has 0 aromatic heterocycles. The zero-order valence-corrected chi connectivity index (χ0v) is 15.6. The Hall–Kier alpha value is -2.84. The largest absolute Gasteiger partial charge is 0.493 e. The number of ether oxygens (including phenoxy) is 3. The molecule has 1 aliphatic rings. The maximum Gasteiger partial charge on any atom is 0.308 e. The molecule has 0 radical (unpaired) electrons. The van der Waals surface area contributed by atoms with Gasteiger partial charge in [0.15, 0.2) is 11.5 Å². The molecule has 0 saturated heterocycles. The standard InChI is InChI=1S/C18H24N2O7/c1-4-26-16-10-14(20(23)24)13(9-15(16)25-3)17(21)19-12-7-6-11(8-12)18(22)27-5-2/h9-12H,4-8H2,1-3H3,(H,19,21)/t11-,12-/m0/s1. The lowest BCUT2D eigenvalue weighted by Crippen LogP contribution is -2.34. The number of esters is 1. The minimum atomic E-state index is -0.632. The number of benzene rings is 1. The van der Waals surface area contributed by atoms with Gasteiger partial charge in [0.1, 0.15) is 5.56 Å². The average molecular weight is 380 g/mol. The third kappa shape index (κ3) is 4.87. The van der Waals surface area contributed by atoms with Crippen LogP contribution < -0.4 is 14.8 Å². The van der Waals surface area contributed by atoms with Crippen LogP contribution in [0.1, 0.15) is 43.5 Å². The normalized spacial score (nSPS) is 18.6. The van der Waals surface area contributed by atoms with E-state index in [9.17, 15) is 19.7 Å². The van der Waals surface area contributed by atoms with Crippen molar-refractivity contribution in [3.8, 4) is 11.5 Å². The van der Waals surface area contributed by atoms with Gasteiger partial charge < -0.3 is 19.5 Å². The quantitative estimate of drug-likeness (QED) is 0.418. The number of rotatable bonds is 8. The third-order valence-corrected chi connectivity index (χ3v) is 4.41. The molecule has 0 unspecified atom stereocenters. The van der Waals surface area contributed by atoms with Crippen molar-refractivity contribution >= 4 is 17.6 Å². The fourth-order valence-corrected chi connectivity index (χ4v) is 3.16. The van der Waals surface area contributed by atoms with Crippen LogP contribution in [0.5, 0.6) is 11.5 Å². The van der Waals surface area contributed by atoms with Gasteiger partial charge in [-0.05, 0) is 33.1 Å². The predicted octanol–water partition coefficient (Wildman–Crippen LogP) is 2.46. The van der Waals surface area contributed by atoms with Crippen LogP contribution in [0.3, 0.4) is 0 Å². The van der Waals surface area contributed by atoms with E-state index in [0.717, 1.165) is 0 Å². The number of nitro benzene ring substituents is 1. The van der Waals surface area contributed by atoms with Gasteiger partial charge in [-0.25, -0.2) is 0 Å². The number of methoxy groups -OCH3 is 1. The highest BCUT2D eigenvalue weighted by Gasteiger charge is 2.33. The van der Waals surface area contributed by atoms with E-state index in [1.807, 2.05) is 0 Å². The molecule has 1 aromatic rings. The van der Waals surface area contributed by atoms with E-state index in [0.29, 0.717) is 32.5 Å². The molecule has 2 rings (SSSR count). The molecule has 0 bridgehead atoms. The van der Waals surface area contributed by atoms with Crippen molar-refractivity contribution in [2.75, 3.05) is 20.3 Å². The van der Waals surface area contributed by atoms with Crippen molar-refractivity contribution in [3.05, 3.63) is 27.8 Å². The van der Waals surface area contributed by atoms with Gasteiger partial charge in [-0.15, -0.1) is 0 Å². The Kier molecular flexibility index (Phi) is 6.98. The monoisotopic (exact) mass is 380 g/mol. The highest BCUT2D eigenvalue weighted by atomic mass is 16.6. The van der Waals surface area contributed by atoms with Crippen LogP contribution in [0, 0.1) is 16.0 Å². The van der Waals surface area contributed by atoms with E-state index in [1.54, 1.807) is 13.8 Å². The first-order valence-corrected chi connectivity index (χ1v) is 8.87. The SMILES string of the molecule is CCOC(=O)[C@H]1CC[C@H](NC(=O)c2cc(OC)c(OCC)cc2[N+](=O)[O-])C1. The minimum absolute atomic E-state index is 0.111. The predicted molar refractivity (Wildman–Crippen MR) is 96.0 cm³/mol. The van der Waals surface area contributed by atoms with Crippen molar-refractivity contribution in [1.29, 1.82) is 0 Å². The molecule has 27 heavy (non-hydrogen) atoms. The Bertz CT molecular complexity index is 720. The van der Waals surface area contributed by atoms with Crippen LogP contribution >= 0.6 is 0 Å². The second kappa shape index (κ2) is 9.20. The number of hydrogen-bond acceptors (Lipinski definition) is 7. The number of nitro groups is 1. The van der Waals surface area contributed by atoms with Gasteiger partial charge in [-0.3, -0.25) is 19.7 Å². The maximum atomic E-state index is 12.6. The van der Waals surface area contributed by atoms with E-state index >= 15 is 0 Å². The summed E-state index contributed by atoms with van der Waals surface area (Å²) < 4.78 is 15.5. The van der Waals surface area contributed by atoms with Crippen LogP contribution in [0.4, 0.5) is 5.69 Å². The number of carbonyl (C=O) groups is 2. The number of amides is 1. The fraction of sp³-hybridized carbons (Fsp3) is 0.556. The zero-order chi connectivity index (χ0) is 20.0. The van der Waals surface area contributed by atoms with E-state index in [4.69, 9.17) is 14.2 Å². The van der Waals surface area contributed by atoms with E-state index in [1.165, 1.54) is 19.2 Å². The highest BCUT2D eigenvalue weighted by Crippen LogP contribution is 2.35. The lowest BCUT2D eigenvalue weighted by molar-refractivity contribution is -0.385. The van der Waals surface area contributed by atoms with Gasteiger partial charge >= 0.3 is 5.97 Å².